The predicted octanol–water partition coefficient (Wildman–Crippen LogP) is 14.2. The van der Waals surface area contributed by atoms with Crippen LogP contribution >= 0.6 is 11.3 Å². The van der Waals surface area contributed by atoms with Crippen LogP contribution in [0.2, 0.25) is 0 Å². The lowest BCUT2D eigenvalue weighted by Crippen LogP contribution is -2.30. The first-order valence-electron chi connectivity index (χ1n) is 18.6. The largest absolute Gasteiger partial charge is 0.334 e. The van der Waals surface area contributed by atoms with Gasteiger partial charge >= 0.3 is 0 Å². The van der Waals surface area contributed by atoms with E-state index in [4.69, 9.17) is 0 Å². The Morgan fingerprint density at radius 3 is 2.04 bits per heavy atom. The van der Waals surface area contributed by atoms with Crippen LogP contribution in [-0.4, -0.2) is 6.04 Å². The van der Waals surface area contributed by atoms with Crippen molar-refractivity contribution in [3.8, 4) is 33.4 Å². The number of allylic oxidation sites excluding steroid dienone is 2. The van der Waals surface area contributed by atoms with Gasteiger partial charge in [0.2, 0.25) is 0 Å². The molecule has 1 atom stereocenters. The molecule has 254 valence electrons. The summed E-state index contributed by atoms with van der Waals surface area (Å²) < 4.78 is 2.67. The van der Waals surface area contributed by atoms with Crippen LogP contribution < -0.4 is 4.90 Å². The molecule has 0 N–H and O–H groups in total. The summed E-state index contributed by atoms with van der Waals surface area (Å²) in [5.41, 5.74) is 15.4. The van der Waals surface area contributed by atoms with E-state index >= 15 is 0 Å². The first kappa shape index (κ1) is 31.7. The van der Waals surface area contributed by atoms with Gasteiger partial charge in [0.1, 0.15) is 0 Å². The highest BCUT2D eigenvalue weighted by Gasteiger charge is 2.35. The Kier molecular flexibility index (Phi) is 7.56. The number of para-hydroxylation sites is 1. The van der Waals surface area contributed by atoms with Crippen molar-refractivity contribution in [2.24, 2.45) is 0 Å². The molecule has 0 spiro atoms. The molecule has 0 saturated heterocycles. The van der Waals surface area contributed by atoms with Crippen LogP contribution in [0.3, 0.4) is 0 Å². The predicted molar refractivity (Wildman–Crippen MR) is 228 cm³/mol. The minimum Gasteiger partial charge on any atom is -0.334 e. The highest BCUT2D eigenvalue weighted by atomic mass is 32.1. The van der Waals surface area contributed by atoms with Crippen molar-refractivity contribution >= 4 is 48.5 Å². The normalized spacial score (nSPS) is 15.7. The number of nitrogens with zero attached hydrogens (tertiary/aromatic N) is 1. The van der Waals surface area contributed by atoms with Gasteiger partial charge in [-0.15, -0.1) is 11.3 Å². The molecular weight excluding hydrogens is 659 g/mol. The zero-order valence-corrected chi connectivity index (χ0v) is 30.8. The lowest BCUT2D eigenvalue weighted by molar-refractivity contribution is 0.660. The minimum absolute atomic E-state index is 0.0193. The molecule has 0 aliphatic heterocycles. The number of thiophene rings is 1. The molecule has 0 bridgehead atoms. The SMILES string of the molecule is CC1(C)c2ccccc2-c2cc(-c3ccccc3N(c3ccc(-c4ccc5sc6ccccc6c5c4)cc3)C3C=CC(c4ccccc4)=CC3)ccc21. The Hall–Kier alpha value is -5.96. The highest BCUT2D eigenvalue weighted by molar-refractivity contribution is 7.25. The second-order valence-corrected chi connectivity index (χ2v) is 15.9. The third kappa shape index (κ3) is 5.36. The molecule has 0 saturated carbocycles. The van der Waals surface area contributed by atoms with Crippen molar-refractivity contribution < 1.29 is 0 Å². The number of hydrogen-bond acceptors (Lipinski definition) is 2. The van der Waals surface area contributed by atoms with Crippen LogP contribution in [0.15, 0.2) is 182 Å². The van der Waals surface area contributed by atoms with Crippen molar-refractivity contribution in [1.29, 1.82) is 0 Å². The van der Waals surface area contributed by atoms with E-state index in [-0.39, 0.29) is 11.5 Å². The Morgan fingerprint density at radius 2 is 1.21 bits per heavy atom. The molecule has 2 heteroatoms. The van der Waals surface area contributed by atoms with Crippen molar-refractivity contribution in [3.05, 3.63) is 199 Å². The standard InChI is InChI=1S/C51H39NS/c1-51(2)46-17-9-6-15-42(46)44-33-38(24-30-47(44)51)41-14-7-10-18-48(41)52(39-26-20-35(21-27-39)34-12-4-3-5-13-34)40-28-22-36(23-29-40)37-25-31-50-45(32-37)43-16-8-11-19-49(43)53-50/h3-26,28-33,39H,27H2,1-2H3. The van der Waals surface area contributed by atoms with Gasteiger partial charge in [-0.05, 0) is 99.0 Å². The van der Waals surface area contributed by atoms with E-state index in [9.17, 15) is 0 Å². The van der Waals surface area contributed by atoms with Crippen molar-refractivity contribution in [2.45, 2.75) is 31.7 Å². The van der Waals surface area contributed by atoms with Gasteiger partial charge in [-0.1, -0.05) is 153 Å². The second-order valence-electron chi connectivity index (χ2n) is 14.9. The molecule has 1 aromatic heterocycles. The Bertz CT molecular complexity index is 2730. The first-order chi connectivity index (χ1) is 26.0. The maximum atomic E-state index is 2.55. The summed E-state index contributed by atoms with van der Waals surface area (Å²) in [5.74, 6) is 0. The summed E-state index contributed by atoms with van der Waals surface area (Å²) in [6.45, 7) is 4.70. The van der Waals surface area contributed by atoms with Crippen LogP contribution in [0.5, 0.6) is 0 Å². The number of fused-ring (bicyclic) bond motifs is 6. The monoisotopic (exact) mass is 697 g/mol. The highest BCUT2D eigenvalue weighted by Crippen LogP contribution is 2.50. The quantitative estimate of drug-likeness (QED) is 0.167. The topological polar surface area (TPSA) is 3.24 Å². The summed E-state index contributed by atoms with van der Waals surface area (Å²) in [6.07, 6.45) is 8.01. The van der Waals surface area contributed by atoms with Gasteiger partial charge in [-0.25, -0.2) is 0 Å². The molecule has 2 aliphatic rings. The van der Waals surface area contributed by atoms with Crippen LogP contribution in [0, 0.1) is 0 Å². The lowest BCUT2D eigenvalue weighted by atomic mass is 9.82. The van der Waals surface area contributed by atoms with Gasteiger partial charge < -0.3 is 4.90 Å². The van der Waals surface area contributed by atoms with Crippen LogP contribution in [0.1, 0.15) is 37.0 Å². The molecule has 0 radical (unpaired) electrons. The molecular formula is C51H39NS. The zero-order chi connectivity index (χ0) is 35.5. The summed E-state index contributed by atoms with van der Waals surface area (Å²) >= 11 is 1.87. The third-order valence-corrected chi connectivity index (χ3v) is 12.6. The Balaban J connectivity index is 1.07. The van der Waals surface area contributed by atoms with E-state index in [2.05, 4.69) is 201 Å². The molecule has 0 fully saturated rings. The molecule has 2 aliphatic carbocycles. The van der Waals surface area contributed by atoms with Crippen LogP contribution in [0.4, 0.5) is 11.4 Å². The van der Waals surface area contributed by atoms with Gasteiger partial charge in [-0.2, -0.15) is 0 Å². The summed E-state index contributed by atoms with van der Waals surface area (Å²) in [5, 5.41) is 2.66. The van der Waals surface area contributed by atoms with E-state index in [0.29, 0.717) is 0 Å². The maximum Gasteiger partial charge on any atom is 0.0560 e. The number of rotatable bonds is 6. The van der Waals surface area contributed by atoms with Gasteiger partial charge in [0, 0.05) is 42.5 Å². The van der Waals surface area contributed by atoms with Crippen molar-refractivity contribution in [1.82, 2.24) is 0 Å². The van der Waals surface area contributed by atoms with Crippen LogP contribution in [-0.2, 0) is 5.41 Å². The average molecular weight is 698 g/mol. The minimum atomic E-state index is -0.0193. The average Bonchev–Trinajstić information content (AvgIpc) is 3.70. The van der Waals surface area contributed by atoms with E-state index in [1.807, 2.05) is 11.3 Å². The first-order valence-corrected chi connectivity index (χ1v) is 19.4. The smallest absolute Gasteiger partial charge is 0.0560 e. The second kappa shape index (κ2) is 12.6. The Labute approximate surface area is 315 Å². The van der Waals surface area contributed by atoms with Crippen molar-refractivity contribution in [3.63, 3.8) is 0 Å². The number of anilines is 2. The fourth-order valence-corrected chi connectivity index (χ4v) is 9.78. The molecule has 1 unspecified atom stereocenters. The Morgan fingerprint density at radius 1 is 0.528 bits per heavy atom. The van der Waals surface area contributed by atoms with Crippen LogP contribution in [0.25, 0.3) is 59.1 Å². The molecule has 8 aromatic rings. The van der Waals surface area contributed by atoms with E-state index in [0.717, 1.165) is 6.42 Å². The molecule has 53 heavy (non-hydrogen) atoms. The van der Waals surface area contributed by atoms with Gasteiger partial charge in [-0.3, -0.25) is 0 Å². The maximum absolute atomic E-state index is 2.55. The van der Waals surface area contributed by atoms with Gasteiger partial charge in [0.15, 0.2) is 0 Å². The summed E-state index contributed by atoms with van der Waals surface area (Å²) in [4.78, 5) is 2.55. The van der Waals surface area contributed by atoms with Gasteiger partial charge in [0.05, 0.1) is 6.04 Å². The van der Waals surface area contributed by atoms with E-state index in [1.165, 1.54) is 87.2 Å². The summed E-state index contributed by atoms with van der Waals surface area (Å²) in [6, 6.07) is 60.8. The van der Waals surface area contributed by atoms with Crippen molar-refractivity contribution in [2.75, 3.05) is 4.90 Å². The third-order valence-electron chi connectivity index (χ3n) is 11.4. The molecule has 0 amide bonds. The molecule has 7 aromatic carbocycles. The van der Waals surface area contributed by atoms with Gasteiger partial charge in [0.25, 0.3) is 0 Å². The summed E-state index contributed by atoms with van der Waals surface area (Å²) in [7, 11) is 0. The van der Waals surface area contributed by atoms with E-state index < -0.39 is 0 Å². The number of hydrogen-bond donors (Lipinski definition) is 0. The van der Waals surface area contributed by atoms with E-state index in [1.54, 1.807) is 0 Å². The molecule has 1 nitrogen and oxygen atoms in total. The number of benzene rings is 7. The molecule has 10 rings (SSSR count). The fraction of sp³-hybridized carbons (Fsp3) is 0.0980. The fourth-order valence-electron chi connectivity index (χ4n) is 8.69. The molecule has 1 heterocycles. The zero-order valence-electron chi connectivity index (χ0n) is 30.0. The lowest BCUT2D eigenvalue weighted by Gasteiger charge is -2.35.